The van der Waals surface area contributed by atoms with Crippen molar-refractivity contribution in [2.75, 3.05) is 0 Å². The Bertz CT molecular complexity index is 954. The fourth-order valence-electron chi connectivity index (χ4n) is 3.01. The molecule has 1 aliphatic carbocycles. The molecule has 0 bridgehead atoms. The number of hydrogen-bond acceptors (Lipinski definition) is 3. The summed E-state index contributed by atoms with van der Waals surface area (Å²) in [6.45, 7) is 0.896. The molecule has 3 aromatic rings. The number of nitrogens with zero attached hydrogens (tertiary/aromatic N) is 2. The highest BCUT2D eigenvalue weighted by atomic mass is 16.4. The highest BCUT2D eigenvalue weighted by Crippen LogP contribution is 2.30. The summed E-state index contributed by atoms with van der Waals surface area (Å²) >= 11 is 0. The van der Waals surface area contributed by atoms with E-state index < -0.39 is 0 Å². The zero-order valence-electron chi connectivity index (χ0n) is 14.4. The van der Waals surface area contributed by atoms with Crippen molar-refractivity contribution in [1.82, 2.24) is 9.47 Å². The summed E-state index contributed by atoms with van der Waals surface area (Å²) in [6.07, 6.45) is 3.77. The van der Waals surface area contributed by atoms with Crippen molar-refractivity contribution in [2.45, 2.75) is 32.0 Å². The van der Waals surface area contributed by atoms with Gasteiger partial charge in [0.1, 0.15) is 5.76 Å². The van der Waals surface area contributed by atoms with Crippen LogP contribution in [0.25, 0.3) is 0 Å². The summed E-state index contributed by atoms with van der Waals surface area (Å²) in [5.74, 6) is 0.826. The van der Waals surface area contributed by atoms with Crippen LogP contribution in [0, 0.1) is 0 Å². The van der Waals surface area contributed by atoms with Crippen LogP contribution in [0.15, 0.2) is 76.1 Å². The molecule has 1 saturated carbocycles. The molecule has 0 N–H and O–H groups in total. The van der Waals surface area contributed by atoms with Crippen molar-refractivity contribution in [2.24, 2.45) is 0 Å². The van der Waals surface area contributed by atoms with Crippen molar-refractivity contribution >= 4 is 5.91 Å². The number of hydrogen-bond donors (Lipinski definition) is 0. The number of aromatic nitrogens is 1. The van der Waals surface area contributed by atoms with Crippen molar-refractivity contribution in [3.8, 4) is 0 Å². The summed E-state index contributed by atoms with van der Waals surface area (Å²) in [6, 6.07) is 18.7. The number of pyridine rings is 1. The largest absolute Gasteiger partial charge is 0.454 e. The second-order valence-corrected chi connectivity index (χ2v) is 6.58. The molecule has 0 unspecified atom stereocenters. The van der Waals surface area contributed by atoms with Crippen LogP contribution < -0.4 is 5.56 Å². The van der Waals surface area contributed by atoms with Crippen LogP contribution in [0.3, 0.4) is 0 Å². The van der Waals surface area contributed by atoms with Gasteiger partial charge in [-0.05, 0) is 36.6 Å². The lowest BCUT2D eigenvalue weighted by Crippen LogP contribution is -2.32. The van der Waals surface area contributed by atoms with E-state index >= 15 is 0 Å². The maximum absolute atomic E-state index is 12.9. The first kappa shape index (κ1) is 16.4. The van der Waals surface area contributed by atoms with Gasteiger partial charge in [0.2, 0.25) is 0 Å². The molecule has 5 heteroatoms. The van der Waals surface area contributed by atoms with Crippen LogP contribution in [0.2, 0.25) is 0 Å². The minimum atomic E-state index is -0.0968. The highest BCUT2D eigenvalue weighted by molar-refractivity contribution is 5.92. The van der Waals surface area contributed by atoms with Crippen molar-refractivity contribution < 1.29 is 9.21 Å². The molecule has 26 heavy (non-hydrogen) atoms. The lowest BCUT2D eigenvalue weighted by molar-refractivity contribution is 0.0695. The monoisotopic (exact) mass is 348 g/mol. The van der Waals surface area contributed by atoms with E-state index in [2.05, 4.69) is 0 Å². The molecular formula is C21H20N2O3. The summed E-state index contributed by atoms with van der Waals surface area (Å²) in [5, 5.41) is 0. The van der Waals surface area contributed by atoms with E-state index in [1.807, 2.05) is 35.2 Å². The zero-order chi connectivity index (χ0) is 17.9. The Morgan fingerprint density at radius 2 is 1.81 bits per heavy atom. The Hall–Kier alpha value is -3.08. The van der Waals surface area contributed by atoms with Gasteiger partial charge in [-0.15, -0.1) is 0 Å². The quantitative estimate of drug-likeness (QED) is 0.687. The number of carbonyl (C=O) groups is 1. The molecule has 0 spiro atoms. The number of carbonyl (C=O) groups excluding carboxylic acids is 1. The van der Waals surface area contributed by atoms with Gasteiger partial charge in [-0.2, -0.15) is 0 Å². The Morgan fingerprint density at radius 1 is 1.04 bits per heavy atom. The summed E-state index contributed by atoms with van der Waals surface area (Å²) in [4.78, 5) is 26.6. The normalized spacial score (nSPS) is 13.5. The fourth-order valence-corrected chi connectivity index (χ4v) is 3.01. The van der Waals surface area contributed by atoms with Gasteiger partial charge in [-0.25, -0.2) is 0 Å². The first-order valence-electron chi connectivity index (χ1n) is 8.80. The average molecular weight is 348 g/mol. The first-order valence-corrected chi connectivity index (χ1v) is 8.80. The highest BCUT2D eigenvalue weighted by Gasteiger charge is 2.34. The molecule has 1 fully saturated rings. The topological polar surface area (TPSA) is 55.5 Å². The van der Waals surface area contributed by atoms with E-state index in [1.54, 1.807) is 35.0 Å². The van der Waals surface area contributed by atoms with Gasteiger partial charge in [0.05, 0.1) is 6.54 Å². The molecule has 1 aromatic carbocycles. The van der Waals surface area contributed by atoms with Gasteiger partial charge in [-0.3, -0.25) is 9.59 Å². The number of benzene rings is 1. The number of rotatable bonds is 6. The minimum absolute atomic E-state index is 0.0944. The molecule has 1 aliphatic rings. The van der Waals surface area contributed by atoms with E-state index in [4.69, 9.17) is 4.42 Å². The van der Waals surface area contributed by atoms with Crippen molar-refractivity contribution in [1.29, 1.82) is 0 Å². The zero-order valence-corrected chi connectivity index (χ0v) is 14.4. The van der Waals surface area contributed by atoms with E-state index in [0.717, 1.165) is 18.4 Å². The summed E-state index contributed by atoms with van der Waals surface area (Å²) in [7, 11) is 0. The third-order valence-electron chi connectivity index (χ3n) is 4.54. The van der Waals surface area contributed by atoms with Crippen LogP contribution >= 0.6 is 0 Å². The molecular weight excluding hydrogens is 328 g/mol. The lowest BCUT2D eigenvalue weighted by Gasteiger charge is -2.21. The van der Waals surface area contributed by atoms with Crippen LogP contribution in [-0.2, 0) is 13.1 Å². The summed E-state index contributed by atoms with van der Waals surface area (Å²) < 4.78 is 7.30. The van der Waals surface area contributed by atoms with Gasteiger partial charge in [-0.1, -0.05) is 36.4 Å². The SMILES string of the molecule is O=C(c1ccc(Cn2ccccc2=O)o1)N(Cc1ccccc1)C1CC1. The van der Waals surface area contributed by atoms with Crippen LogP contribution in [0.5, 0.6) is 0 Å². The van der Waals surface area contributed by atoms with E-state index in [0.29, 0.717) is 24.6 Å². The van der Waals surface area contributed by atoms with Crippen molar-refractivity contribution in [3.63, 3.8) is 0 Å². The van der Waals surface area contributed by atoms with Crippen LogP contribution in [0.4, 0.5) is 0 Å². The molecule has 1 amide bonds. The van der Waals surface area contributed by atoms with E-state index in [9.17, 15) is 9.59 Å². The van der Waals surface area contributed by atoms with Crippen LogP contribution in [-0.4, -0.2) is 21.4 Å². The smallest absolute Gasteiger partial charge is 0.290 e. The third-order valence-corrected chi connectivity index (χ3v) is 4.54. The molecule has 0 radical (unpaired) electrons. The fraction of sp³-hybridized carbons (Fsp3) is 0.238. The number of amides is 1. The second kappa shape index (κ2) is 7.04. The molecule has 5 nitrogen and oxygen atoms in total. The van der Waals surface area contributed by atoms with E-state index in [1.165, 1.54) is 6.07 Å². The molecule has 0 aliphatic heterocycles. The Kier molecular flexibility index (Phi) is 4.44. The van der Waals surface area contributed by atoms with Gasteiger partial charge in [0.25, 0.3) is 11.5 Å². The molecule has 132 valence electrons. The molecule has 4 rings (SSSR count). The second-order valence-electron chi connectivity index (χ2n) is 6.58. The Labute approximate surface area is 151 Å². The third kappa shape index (κ3) is 3.61. The number of furan rings is 1. The molecule has 0 saturated heterocycles. The van der Waals surface area contributed by atoms with E-state index in [-0.39, 0.29) is 17.5 Å². The minimum Gasteiger partial charge on any atom is -0.454 e. The lowest BCUT2D eigenvalue weighted by atomic mass is 10.2. The average Bonchev–Trinajstić information content (AvgIpc) is 3.40. The van der Waals surface area contributed by atoms with Gasteiger partial charge < -0.3 is 13.9 Å². The molecule has 2 aromatic heterocycles. The van der Waals surface area contributed by atoms with Gasteiger partial charge in [0.15, 0.2) is 5.76 Å². The standard InChI is InChI=1S/C21H20N2O3/c24-20-8-4-5-13-22(20)15-18-11-12-19(26-18)21(25)23(17-9-10-17)14-16-6-2-1-3-7-16/h1-8,11-13,17H,9-10,14-15H2. The molecule has 2 heterocycles. The first-order chi connectivity index (χ1) is 12.7. The maximum Gasteiger partial charge on any atom is 0.290 e. The van der Waals surface area contributed by atoms with Gasteiger partial charge >= 0.3 is 0 Å². The predicted molar refractivity (Wildman–Crippen MR) is 97.8 cm³/mol. The predicted octanol–water partition coefficient (Wildman–Crippen LogP) is 3.29. The van der Waals surface area contributed by atoms with Crippen LogP contribution in [0.1, 0.15) is 34.7 Å². The maximum atomic E-state index is 12.9. The Balaban J connectivity index is 1.51. The Morgan fingerprint density at radius 3 is 2.54 bits per heavy atom. The van der Waals surface area contributed by atoms with Gasteiger partial charge in [0, 0.05) is 24.8 Å². The van der Waals surface area contributed by atoms with Crippen molar-refractivity contribution in [3.05, 3.63) is 94.3 Å². The summed E-state index contributed by atoms with van der Waals surface area (Å²) in [5.41, 5.74) is 1.01. The molecule has 0 atom stereocenters.